The maximum atomic E-state index is 12.5. The molecule has 0 saturated carbocycles. The summed E-state index contributed by atoms with van der Waals surface area (Å²) in [6.45, 7) is 4.64. The molecular weight excluding hydrogens is 446 g/mol. The average molecular weight is 480 g/mol. The Morgan fingerprint density at radius 1 is 0.722 bits per heavy atom. The van der Waals surface area contributed by atoms with Crippen molar-refractivity contribution >= 4 is 5.78 Å². The number of Topliss-reactive ketones (excluding diaryl/α,β-unsaturated/α-hetero) is 1. The van der Waals surface area contributed by atoms with Gasteiger partial charge in [0.2, 0.25) is 0 Å². The molecule has 5 nitrogen and oxygen atoms in total. The zero-order chi connectivity index (χ0) is 25.2. The largest absolute Gasteiger partial charge is 0.493 e. The summed E-state index contributed by atoms with van der Waals surface area (Å²) in [7, 11) is 0. The van der Waals surface area contributed by atoms with E-state index in [-0.39, 0.29) is 5.92 Å². The van der Waals surface area contributed by atoms with E-state index < -0.39 is 0 Å². The van der Waals surface area contributed by atoms with Crippen LogP contribution in [-0.4, -0.2) is 27.3 Å². The molecule has 0 radical (unpaired) electrons. The standard InChI is InChI=1S/C31H33N3O2/c1-3-5-12-23(4-2)28(35)21-22-36-27-19-17-26(18-20-27)31-33-29(24-13-8-6-9-14-24)32-30(34-31)25-15-10-7-11-16-25/h6-11,13-20,23H,3-5,12,21-22H2,1-2H3. The van der Waals surface area contributed by atoms with E-state index in [4.69, 9.17) is 19.7 Å². The van der Waals surface area contributed by atoms with Crippen molar-refractivity contribution in [3.63, 3.8) is 0 Å². The first-order valence-electron chi connectivity index (χ1n) is 12.8. The van der Waals surface area contributed by atoms with Crippen molar-refractivity contribution < 1.29 is 9.53 Å². The molecule has 3 aromatic carbocycles. The molecule has 0 aliphatic rings. The number of carbonyl (C=O) groups is 1. The van der Waals surface area contributed by atoms with Crippen LogP contribution in [0.4, 0.5) is 0 Å². The second-order valence-corrected chi connectivity index (χ2v) is 8.87. The van der Waals surface area contributed by atoms with Crippen molar-refractivity contribution in [2.24, 2.45) is 5.92 Å². The van der Waals surface area contributed by atoms with Gasteiger partial charge in [-0.1, -0.05) is 87.4 Å². The Labute approximate surface area is 213 Å². The topological polar surface area (TPSA) is 65.0 Å². The van der Waals surface area contributed by atoms with Gasteiger partial charge in [0.25, 0.3) is 0 Å². The maximum absolute atomic E-state index is 12.5. The average Bonchev–Trinajstić information content (AvgIpc) is 2.94. The minimum Gasteiger partial charge on any atom is -0.493 e. The van der Waals surface area contributed by atoms with E-state index in [0.717, 1.165) is 48.1 Å². The summed E-state index contributed by atoms with van der Waals surface area (Å²) in [4.78, 5) is 26.8. The van der Waals surface area contributed by atoms with Crippen LogP contribution in [0.1, 0.15) is 46.0 Å². The predicted octanol–water partition coefficient (Wildman–Crippen LogP) is 7.43. The van der Waals surface area contributed by atoms with Crippen molar-refractivity contribution in [3.8, 4) is 39.9 Å². The number of carbonyl (C=O) groups excluding carboxylic acids is 1. The van der Waals surface area contributed by atoms with Gasteiger partial charge in [0, 0.05) is 29.0 Å². The van der Waals surface area contributed by atoms with Crippen LogP contribution in [0.25, 0.3) is 34.2 Å². The Kier molecular flexibility index (Phi) is 8.92. The normalized spacial score (nSPS) is 11.7. The summed E-state index contributed by atoms with van der Waals surface area (Å²) in [5.41, 5.74) is 2.75. The molecule has 184 valence electrons. The van der Waals surface area contributed by atoms with E-state index in [9.17, 15) is 4.79 Å². The molecule has 5 heteroatoms. The minimum absolute atomic E-state index is 0.150. The van der Waals surface area contributed by atoms with E-state index >= 15 is 0 Å². The van der Waals surface area contributed by atoms with Crippen molar-refractivity contribution in [1.29, 1.82) is 0 Å². The minimum atomic E-state index is 0.150. The summed E-state index contributed by atoms with van der Waals surface area (Å²) in [6, 6.07) is 27.6. The molecule has 1 heterocycles. The van der Waals surface area contributed by atoms with Gasteiger partial charge in [-0.2, -0.15) is 0 Å². The fraction of sp³-hybridized carbons (Fsp3) is 0.290. The first kappa shape index (κ1) is 25.2. The van der Waals surface area contributed by atoms with Gasteiger partial charge in [0.15, 0.2) is 17.5 Å². The van der Waals surface area contributed by atoms with Gasteiger partial charge in [-0.15, -0.1) is 0 Å². The summed E-state index contributed by atoms with van der Waals surface area (Å²) in [5.74, 6) is 3.05. The molecule has 4 rings (SSSR count). The molecule has 4 aromatic rings. The summed E-state index contributed by atoms with van der Waals surface area (Å²) in [6.07, 6.45) is 4.53. The third-order valence-electron chi connectivity index (χ3n) is 6.28. The van der Waals surface area contributed by atoms with Crippen molar-refractivity contribution in [1.82, 2.24) is 15.0 Å². The van der Waals surface area contributed by atoms with E-state index in [0.29, 0.717) is 36.3 Å². The van der Waals surface area contributed by atoms with Gasteiger partial charge in [0.1, 0.15) is 11.5 Å². The second kappa shape index (κ2) is 12.7. The van der Waals surface area contributed by atoms with Gasteiger partial charge in [-0.25, -0.2) is 15.0 Å². The lowest BCUT2D eigenvalue weighted by Gasteiger charge is -2.13. The highest BCUT2D eigenvalue weighted by molar-refractivity contribution is 5.81. The lowest BCUT2D eigenvalue weighted by Crippen LogP contribution is -2.16. The molecule has 0 fully saturated rings. The first-order chi connectivity index (χ1) is 17.7. The third kappa shape index (κ3) is 6.63. The monoisotopic (exact) mass is 479 g/mol. The molecule has 1 unspecified atom stereocenters. The van der Waals surface area contributed by atoms with E-state index in [1.165, 1.54) is 0 Å². The van der Waals surface area contributed by atoms with Crippen LogP contribution in [-0.2, 0) is 4.79 Å². The molecule has 0 amide bonds. The van der Waals surface area contributed by atoms with Gasteiger partial charge < -0.3 is 4.74 Å². The van der Waals surface area contributed by atoms with Crippen LogP contribution in [0.3, 0.4) is 0 Å². The molecule has 0 spiro atoms. The van der Waals surface area contributed by atoms with E-state index in [2.05, 4.69) is 13.8 Å². The molecular formula is C31H33N3O2. The lowest BCUT2D eigenvalue weighted by molar-refractivity contribution is -0.123. The highest BCUT2D eigenvalue weighted by Crippen LogP contribution is 2.26. The smallest absolute Gasteiger partial charge is 0.164 e. The fourth-order valence-electron chi connectivity index (χ4n) is 4.15. The summed E-state index contributed by atoms with van der Waals surface area (Å²) >= 11 is 0. The SMILES string of the molecule is CCCCC(CC)C(=O)CCOc1ccc(-c2nc(-c3ccccc3)nc(-c3ccccc3)n2)cc1. The molecule has 0 aliphatic carbocycles. The Bertz CT molecular complexity index is 1180. The Morgan fingerprint density at radius 3 is 1.69 bits per heavy atom. The van der Waals surface area contributed by atoms with Gasteiger partial charge in [0.05, 0.1) is 6.61 Å². The quantitative estimate of drug-likeness (QED) is 0.211. The molecule has 0 aliphatic heterocycles. The maximum Gasteiger partial charge on any atom is 0.164 e. The van der Waals surface area contributed by atoms with Gasteiger partial charge >= 0.3 is 0 Å². The van der Waals surface area contributed by atoms with Crippen LogP contribution >= 0.6 is 0 Å². The number of ketones is 1. The van der Waals surface area contributed by atoms with Crippen LogP contribution in [0.15, 0.2) is 84.9 Å². The molecule has 0 N–H and O–H groups in total. The third-order valence-corrected chi connectivity index (χ3v) is 6.28. The number of nitrogens with zero attached hydrogens (tertiary/aromatic N) is 3. The van der Waals surface area contributed by atoms with Crippen molar-refractivity contribution in [3.05, 3.63) is 84.9 Å². The molecule has 0 saturated heterocycles. The number of aromatic nitrogens is 3. The summed E-state index contributed by atoms with van der Waals surface area (Å²) < 4.78 is 5.88. The Morgan fingerprint density at radius 2 is 1.22 bits per heavy atom. The van der Waals surface area contributed by atoms with E-state index in [1.807, 2.05) is 84.9 Å². The molecule has 1 aromatic heterocycles. The highest BCUT2D eigenvalue weighted by atomic mass is 16.5. The first-order valence-corrected chi connectivity index (χ1v) is 12.8. The van der Waals surface area contributed by atoms with Gasteiger partial charge in [-0.05, 0) is 37.1 Å². The highest BCUT2D eigenvalue weighted by Gasteiger charge is 2.16. The molecule has 0 bridgehead atoms. The van der Waals surface area contributed by atoms with Gasteiger partial charge in [-0.3, -0.25) is 4.79 Å². The van der Waals surface area contributed by atoms with E-state index in [1.54, 1.807) is 0 Å². The Balaban J connectivity index is 1.50. The fourth-order valence-corrected chi connectivity index (χ4v) is 4.15. The number of hydrogen-bond donors (Lipinski definition) is 0. The number of hydrogen-bond acceptors (Lipinski definition) is 5. The number of ether oxygens (including phenoxy) is 1. The van der Waals surface area contributed by atoms with Crippen molar-refractivity contribution in [2.45, 2.75) is 46.0 Å². The Hall–Kier alpha value is -3.86. The number of rotatable bonds is 12. The zero-order valence-electron chi connectivity index (χ0n) is 21.1. The zero-order valence-corrected chi connectivity index (χ0v) is 21.1. The lowest BCUT2D eigenvalue weighted by atomic mass is 9.93. The van der Waals surface area contributed by atoms with Crippen LogP contribution in [0.5, 0.6) is 5.75 Å². The number of unbranched alkanes of at least 4 members (excludes halogenated alkanes) is 1. The van der Waals surface area contributed by atoms with Crippen LogP contribution < -0.4 is 4.74 Å². The predicted molar refractivity (Wildman–Crippen MR) is 145 cm³/mol. The van der Waals surface area contributed by atoms with Crippen LogP contribution in [0.2, 0.25) is 0 Å². The molecule has 36 heavy (non-hydrogen) atoms. The second-order valence-electron chi connectivity index (χ2n) is 8.87. The number of benzene rings is 3. The van der Waals surface area contributed by atoms with Crippen LogP contribution in [0, 0.1) is 5.92 Å². The summed E-state index contributed by atoms with van der Waals surface area (Å²) in [5, 5.41) is 0. The van der Waals surface area contributed by atoms with Crippen molar-refractivity contribution in [2.75, 3.05) is 6.61 Å². The molecule has 1 atom stereocenters.